The Balaban J connectivity index is 1.20. The van der Waals surface area contributed by atoms with E-state index in [9.17, 15) is 24.3 Å². The first kappa shape index (κ1) is 29.8. The molecule has 3 aliphatic carbocycles. The molecule has 230 valence electrons. The number of hydrogen-bond acceptors (Lipinski definition) is 6. The number of aromatic hydroxyl groups is 1. The number of hydrogen-bond donors (Lipinski definition) is 1. The van der Waals surface area contributed by atoms with Gasteiger partial charge in [-0.3, -0.25) is 29.0 Å². The highest BCUT2D eigenvalue weighted by Crippen LogP contribution is 2.56. The number of Topliss-reactive ketones (excluding diaryl/α,β-unsaturated/α-hetero) is 1. The van der Waals surface area contributed by atoms with Gasteiger partial charge in [-0.2, -0.15) is 0 Å². The molecule has 2 heterocycles. The first-order valence-corrected chi connectivity index (χ1v) is 16.5. The van der Waals surface area contributed by atoms with Crippen LogP contribution in [0, 0.1) is 17.8 Å². The number of para-hydroxylation sites is 1. The van der Waals surface area contributed by atoms with E-state index < -0.39 is 23.7 Å². The summed E-state index contributed by atoms with van der Waals surface area (Å²) in [4.78, 5) is 59.2. The van der Waals surface area contributed by atoms with E-state index in [4.69, 9.17) is 0 Å². The van der Waals surface area contributed by atoms with Gasteiger partial charge in [-0.05, 0) is 65.1 Å². The van der Waals surface area contributed by atoms with Crippen LogP contribution in [0.3, 0.4) is 0 Å². The van der Waals surface area contributed by atoms with E-state index >= 15 is 0 Å². The highest BCUT2D eigenvalue weighted by atomic mass is 79.9. The zero-order valence-corrected chi connectivity index (χ0v) is 26.5. The number of allylic oxidation sites excluding steroid dienone is 7. The molecule has 0 spiro atoms. The maximum absolute atomic E-state index is 14.3. The van der Waals surface area contributed by atoms with Crippen molar-refractivity contribution in [3.05, 3.63) is 111 Å². The van der Waals surface area contributed by atoms with Crippen LogP contribution in [0.4, 0.5) is 0 Å². The van der Waals surface area contributed by atoms with E-state index in [1.54, 1.807) is 12.1 Å². The molecule has 8 heteroatoms. The van der Waals surface area contributed by atoms with Crippen LogP contribution in [0.2, 0.25) is 0 Å². The minimum Gasteiger partial charge on any atom is -0.507 e. The van der Waals surface area contributed by atoms with Gasteiger partial charge in [0, 0.05) is 54.4 Å². The smallest absolute Gasteiger partial charge is 0.233 e. The van der Waals surface area contributed by atoms with E-state index in [-0.39, 0.29) is 46.1 Å². The molecule has 7 rings (SSSR count). The Morgan fingerprint density at radius 2 is 1.71 bits per heavy atom. The van der Waals surface area contributed by atoms with Gasteiger partial charge in [0.15, 0.2) is 11.6 Å². The summed E-state index contributed by atoms with van der Waals surface area (Å²) in [5.41, 5.74) is 4.01. The maximum atomic E-state index is 14.3. The van der Waals surface area contributed by atoms with Crippen LogP contribution in [0.5, 0.6) is 5.75 Å². The predicted octanol–water partition coefficient (Wildman–Crippen LogP) is 5.55. The molecule has 2 amide bonds. The van der Waals surface area contributed by atoms with E-state index in [0.717, 1.165) is 38.0 Å². The van der Waals surface area contributed by atoms with Crippen LogP contribution >= 0.6 is 15.9 Å². The number of imide groups is 1. The monoisotopic (exact) mass is 666 g/mol. The van der Waals surface area contributed by atoms with Gasteiger partial charge in [-0.25, -0.2) is 0 Å². The summed E-state index contributed by atoms with van der Waals surface area (Å²) in [6.07, 6.45) is 7.50. The standard InChI is InChI=1S/C37H35BrN2O5/c1-2-7-22-10-6-11-25(34(22)42)31-24-12-13-26-32(27(24)18-28-33(31)30(41)19-29(38)35(28)43)37(45)40(36(26)44)23-14-16-39(17-15-23)20-21-8-4-3-5-9-21/h2-6,8-12,19,23,26-27,31-32,42H,1,7,13-18,20H2. The van der Waals surface area contributed by atoms with Crippen molar-refractivity contribution in [2.75, 3.05) is 13.1 Å². The molecule has 1 N–H and O–H groups in total. The normalized spacial score (nSPS) is 27.2. The largest absolute Gasteiger partial charge is 0.507 e. The van der Waals surface area contributed by atoms with Gasteiger partial charge in [0.1, 0.15) is 5.75 Å². The fourth-order valence-corrected chi connectivity index (χ4v) is 8.74. The van der Waals surface area contributed by atoms with Crippen molar-refractivity contribution in [2.24, 2.45) is 17.8 Å². The highest BCUT2D eigenvalue weighted by Gasteiger charge is 2.57. The molecule has 0 aromatic heterocycles. The fourth-order valence-electron chi connectivity index (χ4n) is 8.29. The van der Waals surface area contributed by atoms with Crippen molar-refractivity contribution < 1.29 is 24.3 Å². The first-order chi connectivity index (χ1) is 21.8. The molecule has 2 aromatic rings. The third-order valence-electron chi connectivity index (χ3n) is 10.4. The molecule has 4 atom stereocenters. The van der Waals surface area contributed by atoms with Crippen LogP contribution in [-0.2, 0) is 32.1 Å². The van der Waals surface area contributed by atoms with Gasteiger partial charge in [0.25, 0.3) is 0 Å². The quantitative estimate of drug-likeness (QED) is 0.247. The number of piperidine rings is 1. The van der Waals surface area contributed by atoms with Gasteiger partial charge < -0.3 is 5.11 Å². The summed E-state index contributed by atoms with van der Waals surface area (Å²) < 4.78 is 0.187. The van der Waals surface area contributed by atoms with Crippen molar-refractivity contribution in [2.45, 2.75) is 50.6 Å². The van der Waals surface area contributed by atoms with Gasteiger partial charge >= 0.3 is 0 Å². The lowest BCUT2D eigenvalue weighted by molar-refractivity contribution is -0.144. The summed E-state index contributed by atoms with van der Waals surface area (Å²) in [6, 6.07) is 15.6. The minimum absolute atomic E-state index is 0.0597. The molecule has 7 nitrogen and oxygen atoms in total. The second-order valence-electron chi connectivity index (χ2n) is 12.8. The second kappa shape index (κ2) is 11.8. The number of likely N-dealkylation sites (tertiary alicyclic amines) is 2. The molecular formula is C37H35BrN2O5. The SMILES string of the molecule is C=CCc1cccc(C2C3=CCC4C(=O)N(C5CCN(Cc6ccccc6)CC5)C(=O)C4C3CC3=C2C(=O)C=C(Br)C3=O)c1O. The summed E-state index contributed by atoms with van der Waals surface area (Å²) in [7, 11) is 0. The number of carbonyl (C=O) groups excluding carboxylic acids is 4. The molecular weight excluding hydrogens is 632 g/mol. The van der Waals surface area contributed by atoms with Gasteiger partial charge in [-0.15, -0.1) is 6.58 Å². The lowest BCUT2D eigenvalue weighted by Gasteiger charge is -2.42. The van der Waals surface area contributed by atoms with E-state index in [1.807, 2.05) is 36.4 Å². The fraction of sp³-hybridized carbons (Fsp3) is 0.351. The first-order valence-electron chi connectivity index (χ1n) is 15.7. The van der Waals surface area contributed by atoms with Crippen molar-refractivity contribution in [3.63, 3.8) is 0 Å². The average Bonchev–Trinajstić information content (AvgIpc) is 3.30. The molecule has 0 saturated carbocycles. The summed E-state index contributed by atoms with van der Waals surface area (Å²) in [5, 5.41) is 11.4. The Bertz CT molecular complexity index is 1710. The summed E-state index contributed by atoms with van der Waals surface area (Å²) in [5.74, 6) is -3.01. The summed E-state index contributed by atoms with van der Waals surface area (Å²) >= 11 is 3.28. The zero-order chi connectivity index (χ0) is 31.4. The molecule has 0 radical (unpaired) electrons. The van der Waals surface area contributed by atoms with Crippen LogP contribution in [-0.4, -0.2) is 57.4 Å². The van der Waals surface area contributed by atoms with Gasteiger partial charge in [0.05, 0.1) is 16.3 Å². The number of carbonyl (C=O) groups is 4. The number of halogens is 1. The maximum Gasteiger partial charge on any atom is 0.233 e. The number of phenols is 1. The Morgan fingerprint density at radius 1 is 0.956 bits per heavy atom. The zero-order valence-electron chi connectivity index (χ0n) is 25.0. The van der Waals surface area contributed by atoms with Gasteiger partial charge in [0.2, 0.25) is 11.8 Å². The predicted molar refractivity (Wildman–Crippen MR) is 173 cm³/mol. The lowest BCUT2D eigenvalue weighted by Crippen LogP contribution is -2.47. The van der Waals surface area contributed by atoms with Crippen molar-refractivity contribution in [1.29, 1.82) is 0 Å². The average molecular weight is 668 g/mol. The Hall–Kier alpha value is -3.88. The number of nitrogens with zero attached hydrogens (tertiary/aromatic N) is 2. The van der Waals surface area contributed by atoms with E-state index in [0.29, 0.717) is 35.1 Å². The van der Waals surface area contributed by atoms with E-state index in [1.165, 1.54) is 16.5 Å². The molecule has 4 unspecified atom stereocenters. The molecule has 0 bridgehead atoms. The molecule has 2 fully saturated rings. The van der Waals surface area contributed by atoms with Crippen LogP contribution in [0.15, 0.2) is 94.5 Å². The number of ketones is 2. The molecule has 2 aliphatic heterocycles. The number of phenolic OH excluding ortho intramolecular Hbond substituents is 1. The van der Waals surface area contributed by atoms with E-state index in [2.05, 4.69) is 39.5 Å². The Labute approximate surface area is 271 Å². The molecule has 5 aliphatic rings. The van der Waals surface area contributed by atoms with Crippen molar-refractivity contribution in [3.8, 4) is 5.75 Å². The molecule has 45 heavy (non-hydrogen) atoms. The number of benzene rings is 2. The number of fused-ring (bicyclic) bond motifs is 3. The Morgan fingerprint density at radius 3 is 2.44 bits per heavy atom. The van der Waals surface area contributed by atoms with Crippen molar-refractivity contribution >= 4 is 39.3 Å². The highest BCUT2D eigenvalue weighted by molar-refractivity contribution is 9.12. The third-order valence-corrected chi connectivity index (χ3v) is 11.0. The lowest BCUT2D eigenvalue weighted by atomic mass is 9.59. The minimum atomic E-state index is -0.684. The number of rotatable bonds is 6. The van der Waals surface area contributed by atoms with Crippen LogP contribution in [0.25, 0.3) is 0 Å². The number of amides is 2. The second-order valence-corrected chi connectivity index (χ2v) is 13.6. The third kappa shape index (κ3) is 4.99. The van der Waals surface area contributed by atoms with Crippen LogP contribution in [0.1, 0.15) is 48.3 Å². The Kier molecular flexibility index (Phi) is 7.82. The molecule has 2 aromatic carbocycles. The van der Waals surface area contributed by atoms with Crippen molar-refractivity contribution in [1.82, 2.24) is 9.80 Å². The van der Waals surface area contributed by atoms with Gasteiger partial charge in [-0.1, -0.05) is 66.3 Å². The summed E-state index contributed by atoms with van der Waals surface area (Å²) in [6.45, 7) is 6.24. The topological polar surface area (TPSA) is 95.0 Å². The van der Waals surface area contributed by atoms with Crippen LogP contribution < -0.4 is 0 Å². The molecule has 2 saturated heterocycles.